The van der Waals surface area contributed by atoms with Crippen molar-refractivity contribution < 1.29 is 4.79 Å². The van der Waals surface area contributed by atoms with Crippen molar-refractivity contribution >= 4 is 5.91 Å². The van der Waals surface area contributed by atoms with Gasteiger partial charge >= 0.3 is 0 Å². The first-order valence-corrected chi connectivity index (χ1v) is 4.08. The Morgan fingerprint density at radius 2 is 2.42 bits per heavy atom. The second-order valence-electron chi connectivity index (χ2n) is 3.01. The third kappa shape index (κ3) is 2.51. The van der Waals surface area contributed by atoms with Crippen LogP contribution in [0.3, 0.4) is 0 Å². The molecule has 3 nitrogen and oxygen atoms in total. The molecule has 0 aromatic rings. The maximum atomic E-state index is 10.5. The van der Waals surface area contributed by atoms with Gasteiger partial charge in [-0.2, -0.15) is 0 Å². The van der Waals surface area contributed by atoms with Gasteiger partial charge in [-0.15, -0.1) is 0 Å². The van der Waals surface area contributed by atoms with Crippen molar-refractivity contribution in [2.75, 3.05) is 6.54 Å². The van der Waals surface area contributed by atoms with Crippen LogP contribution in [0.15, 0.2) is 23.8 Å². The summed E-state index contributed by atoms with van der Waals surface area (Å²) in [7, 11) is 0. The fraction of sp³-hybridized carbons (Fsp3) is 0.444. The number of primary amides is 1. The average molecular weight is 166 g/mol. The molecule has 0 aliphatic heterocycles. The van der Waals surface area contributed by atoms with E-state index in [0.717, 1.165) is 12.0 Å². The van der Waals surface area contributed by atoms with Crippen molar-refractivity contribution in [2.24, 2.45) is 17.4 Å². The summed E-state index contributed by atoms with van der Waals surface area (Å²) in [6.45, 7) is 0.664. The Kier molecular flexibility index (Phi) is 3.05. The van der Waals surface area contributed by atoms with Gasteiger partial charge in [0.25, 0.3) is 0 Å². The summed E-state index contributed by atoms with van der Waals surface area (Å²) in [6, 6.07) is 0. The Labute approximate surface area is 72.1 Å². The van der Waals surface area contributed by atoms with Gasteiger partial charge in [0.15, 0.2) is 0 Å². The molecular weight excluding hydrogens is 152 g/mol. The Morgan fingerprint density at radius 3 is 2.83 bits per heavy atom. The number of hydrogen-bond donors (Lipinski definition) is 2. The van der Waals surface area contributed by atoms with Gasteiger partial charge in [-0.25, -0.2) is 0 Å². The average Bonchev–Trinajstić information content (AvgIpc) is 2.05. The molecular formula is C9H14N2O. The Balaban J connectivity index is 2.46. The minimum Gasteiger partial charge on any atom is -0.369 e. The summed E-state index contributed by atoms with van der Waals surface area (Å²) in [6.07, 6.45) is 7.27. The maximum Gasteiger partial charge on any atom is 0.221 e. The molecule has 1 unspecified atom stereocenters. The predicted octanol–water partition coefficient (Wildman–Crippen LogP) is 0.323. The van der Waals surface area contributed by atoms with E-state index in [9.17, 15) is 4.79 Å². The lowest BCUT2D eigenvalue weighted by atomic mass is 9.95. The molecule has 1 atom stereocenters. The van der Waals surface area contributed by atoms with Crippen molar-refractivity contribution in [3.8, 4) is 0 Å². The van der Waals surface area contributed by atoms with Crippen LogP contribution in [0.5, 0.6) is 0 Å². The molecule has 0 spiro atoms. The smallest absolute Gasteiger partial charge is 0.221 e. The van der Waals surface area contributed by atoms with Crippen molar-refractivity contribution in [1.82, 2.24) is 0 Å². The van der Waals surface area contributed by atoms with Gasteiger partial charge in [-0.05, 0) is 24.5 Å². The number of carbonyl (C=O) groups excluding carboxylic acids is 1. The van der Waals surface area contributed by atoms with Gasteiger partial charge in [0, 0.05) is 0 Å². The molecule has 0 aromatic carbocycles. The highest BCUT2D eigenvalue weighted by atomic mass is 16.1. The molecule has 0 radical (unpaired) electrons. The summed E-state index contributed by atoms with van der Waals surface area (Å²) in [5.41, 5.74) is 11.5. The fourth-order valence-corrected chi connectivity index (χ4v) is 1.22. The van der Waals surface area contributed by atoms with Crippen LogP contribution >= 0.6 is 0 Å². The van der Waals surface area contributed by atoms with Crippen LogP contribution in [0, 0.1) is 5.92 Å². The molecule has 4 N–H and O–H groups in total. The van der Waals surface area contributed by atoms with Gasteiger partial charge in [0.05, 0.1) is 6.42 Å². The van der Waals surface area contributed by atoms with Crippen LogP contribution in [0.1, 0.15) is 12.8 Å². The van der Waals surface area contributed by atoms with E-state index in [4.69, 9.17) is 11.5 Å². The zero-order chi connectivity index (χ0) is 8.97. The van der Waals surface area contributed by atoms with Crippen molar-refractivity contribution in [2.45, 2.75) is 12.8 Å². The zero-order valence-corrected chi connectivity index (χ0v) is 6.99. The maximum absolute atomic E-state index is 10.5. The number of nitrogens with two attached hydrogens (primary N) is 2. The summed E-state index contributed by atoms with van der Waals surface area (Å²) in [5, 5.41) is 0. The molecule has 12 heavy (non-hydrogen) atoms. The van der Waals surface area contributed by atoms with Crippen LogP contribution in [0.25, 0.3) is 0 Å². The number of amides is 1. The van der Waals surface area contributed by atoms with Crippen LogP contribution in [-0.2, 0) is 4.79 Å². The molecule has 0 heterocycles. The van der Waals surface area contributed by atoms with E-state index < -0.39 is 0 Å². The van der Waals surface area contributed by atoms with E-state index in [2.05, 4.69) is 0 Å². The molecule has 0 fully saturated rings. The van der Waals surface area contributed by atoms with Gasteiger partial charge in [0.2, 0.25) is 5.91 Å². The molecule has 1 aliphatic rings. The zero-order valence-electron chi connectivity index (χ0n) is 6.99. The number of hydrogen-bond acceptors (Lipinski definition) is 2. The Morgan fingerprint density at radius 1 is 1.67 bits per heavy atom. The normalized spacial score (nSPS) is 22.1. The first kappa shape index (κ1) is 9.00. The second kappa shape index (κ2) is 4.07. The highest BCUT2D eigenvalue weighted by Gasteiger charge is 2.07. The van der Waals surface area contributed by atoms with Crippen molar-refractivity contribution in [3.05, 3.63) is 23.8 Å². The third-order valence-electron chi connectivity index (χ3n) is 1.95. The van der Waals surface area contributed by atoms with E-state index in [-0.39, 0.29) is 5.91 Å². The largest absolute Gasteiger partial charge is 0.369 e. The van der Waals surface area contributed by atoms with Crippen molar-refractivity contribution in [3.63, 3.8) is 0 Å². The van der Waals surface area contributed by atoms with Crippen LogP contribution in [0.2, 0.25) is 0 Å². The summed E-state index contributed by atoms with van der Waals surface area (Å²) >= 11 is 0. The van der Waals surface area contributed by atoms with Crippen molar-refractivity contribution in [1.29, 1.82) is 0 Å². The van der Waals surface area contributed by atoms with Gasteiger partial charge < -0.3 is 11.5 Å². The molecule has 66 valence electrons. The van der Waals surface area contributed by atoms with Gasteiger partial charge in [-0.1, -0.05) is 18.2 Å². The third-order valence-corrected chi connectivity index (χ3v) is 1.95. The molecule has 1 aliphatic carbocycles. The second-order valence-corrected chi connectivity index (χ2v) is 3.01. The first-order valence-electron chi connectivity index (χ1n) is 4.08. The molecule has 3 heteroatoms. The van der Waals surface area contributed by atoms with Crippen LogP contribution in [-0.4, -0.2) is 12.5 Å². The Bertz CT molecular complexity index is 231. The van der Waals surface area contributed by atoms with Crippen LogP contribution < -0.4 is 11.5 Å². The van der Waals surface area contributed by atoms with Gasteiger partial charge in [-0.3, -0.25) is 4.79 Å². The fourth-order valence-electron chi connectivity index (χ4n) is 1.22. The lowest BCUT2D eigenvalue weighted by Crippen LogP contribution is -2.15. The Hall–Kier alpha value is -1.09. The lowest BCUT2D eigenvalue weighted by Gasteiger charge is -2.12. The van der Waals surface area contributed by atoms with Gasteiger partial charge in [0.1, 0.15) is 0 Å². The molecule has 0 saturated carbocycles. The highest BCUT2D eigenvalue weighted by Crippen LogP contribution is 2.16. The predicted molar refractivity (Wildman–Crippen MR) is 48.2 cm³/mol. The van der Waals surface area contributed by atoms with E-state index in [1.807, 2.05) is 18.2 Å². The minimum atomic E-state index is -0.280. The topological polar surface area (TPSA) is 69.1 Å². The quantitative estimate of drug-likeness (QED) is 0.634. The SMILES string of the molecule is NCC1C=CC(CC(N)=O)=CC1. The molecule has 0 bridgehead atoms. The van der Waals surface area contributed by atoms with E-state index >= 15 is 0 Å². The number of rotatable bonds is 3. The highest BCUT2D eigenvalue weighted by molar-refractivity contribution is 5.77. The van der Waals surface area contributed by atoms with E-state index in [1.165, 1.54) is 0 Å². The summed E-state index contributed by atoms with van der Waals surface area (Å²) in [4.78, 5) is 10.5. The number of carbonyl (C=O) groups is 1. The molecule has 0 aromatic heterocycles. The molecule has 1 rings (SSSR count). The lowest BCUT2D eigenvalue weighted by molar-refractivity contribution is -0.117. The monoisotopic (exact) mass is 166 g/mol. The minimum absolute atomic E-state index is 0.280. The standard InChI is InChI=1S/C9H14N2O/c10-6-8-3-1-7(2-4-8)5-9(11)12/h1-3,8H,4-6,10H2,(H2,11,12). The van der Waals surface area contributed by atoms with E-state index in [0.29, 0.717) is 18.9 Å². The molecule has 1 amide bonds. The summed E-state index contributed by atoms with van der Waals surface area (Å²) < 4.78 is 0. The van der Waals surface area contributed by atoms with E-state index in [1.54, 1.807) is 0 Å². The van der Waals surface area contributed by atoms with Crippen LogP contribution in [0.4, 0.5) is 0 Å². The summed E-state index contributed by atoms with van der Waals surface area (Å²) in [5.74, 6) is 0.152. The first-order chi connectivity index (χ1) is 5.72. The number of allylic oxidation sites excluding steroid dienone is 2. The molecule has 0 saturated heterocycles.